The number of hydrogen-bond donors (Lipinski definition) is 0. The number of rotatable bonds is 1. The Kier molecular flexibility index (Phi) is 2.02. The first-order valence-corrected chi connectivity index (χ1v) is 7.69. The lowest BCUT2D eigenvalue weighted by Gasteiger charge is -2.21. The van der Waals surface area contributed by atoms with Crippen molar-refractivity contribution < 1.29 is 9.59 Å². The van der Waals surface area contributed by atoms with Crippen LogP contribution in [-0.4, -0.2) is 16.8 Å². The van der Waals surface area contributed by atoms with Crippen molar-refractivity contribution in [2.75, 3.05) is 4.90 Å². The Morgan fingerprint density at radius 3 is 2.29 bits per heavy atom. The molecule has 0 aromatic carbocycles. The number of carbonyl (C=O) groups excluding carboxylic acids is 2. The van der Waals surface area contributed by atoms with Crippen LogP contribution in [0, 0.1) is 29.1 Å². The maximum atomic E-state index is 12.8. The second kappa shape index (κ2) is 3.55. The molecule has 3 aliphatic carbocycles. The van der Waals surface area contributed by atoms with Gasteiger partial charge in [-0.15, -0.1) is 0 Å². The molecule has 1 spiro atoms. The molecule has 4 atom stereocenters. The normalized spacial score (nSPS) is 37.7. The molecule has 4 aliphatic rings. The Hall–Kier alpha value is -1.68. The Balaban J connectivity index is 1.59. The molecule has 5 heteroatoms. The van der Waals surface area contributed by atoms with Crippen LogP contribution in [0.25, 0.3) is 0 Å². The lowest BCUT2D eigenvalue weighted by Crippen LogP contribution is -2.35. The number of nitrogens with zero attached hydrogens (tertiary/aromatic N) is 2. The summed E-state index contributed by atoms with van der Waals surface area (Å²) in [6.07, 6.45) is 8.16. The standard InChI is InChI=1S/C16H13ClN2O2/c17-8-3-6-18-11(7-8)19-14(20)12-9-1-2-10(13(12)15(19)21)16(9)4-5-16/h1-3,6-7,9-10,12-13H,4-5H2/t9-,10+,12+,13-. The summed E-state index contributed by atoms with van der Waals surface area (Å²) in [6.45, 7) is 0. The Morgan fingerprint density at radius 2 is 1.76 bits per heavy atom. The average molecular weight is 301 g/mol. The number of amides is 2. The van der Waals surface area contributed by atoms with E-state index in [2.05, 4.69) is 17.1 Å². The summed E-state index contributed by atoms with van der Waals surface area (Å²) in [5, 5.41) is 0.484. The van der Waals surface area contributed by atoms with Crippen LogP contribution in [0.5, 0.6) is 0 Å². The topological polar surface area (TPSA) is 50.3 Å². The molecule has 2 bridgehead atoms. The zero-order valence-electron chi connectivity index (χ0n) is 11.2. The summed E-state index contributed by atoms with van der Waals surface area (Å²) in [6, 6.07) is 3.22. The van der Waals surface area contributed by atoms with Crippen molar-refractivity contribution in [2.45, 2.75) is 12.8 Å². The average Bonchev–Trinajstić information content (AvgIpc) is 3.05. The van der Waals surface area contributed by atoms with Gasteiger partial charge in [0.05, 0.1) is 11.8 Å². The summed E-state index contributed by atoms with van der Waals surface area (Å²) in [4.78, 5) is 31.0. The number of hydrogen-bond acceptors (Lipinski definition) is 3. The molecule has 0 radical (unpaired) electrons. The lowest BCUT2D eigenvalue weighted by atomic mass is 9.85. The van der Waals surface area contributed by atoms with Crippen molar-refractivity contribution in [1.82, 2.24) is 4.98 Å². The van der Waals surface area contributed by atoms with Crippen LogP contribution in [0.15, 0.2) is 30.5 Å². The van der Waals surface area contributed by atoms with Gasteiger partial charge < -0.3 is 0 Å². The van der Waals surface area contributed by atoms with E-state index in [1.54, 1.807) is 12.1 Å². The third-order valence-electron chi connectivity index (χ3n) is 5.79. The van der Waals surface area contributed by atoms with Gasteiger partial charge in [0.1, 0.15) is 5.82 Å². The van der Waals surface area contributed by atoms with Crippen LogP contribution in [0.2, 0.25) is 5.02 Å². The van der Waals surface area contributed by atoms with Crippen LogP contribution in [-0.2, 0) is 9.59 Å². The van der Waals surface area contributed by atoms with Crippen molar-refractivity contribution in [3.8, 4) is 0 Å². The number of aromatic nitrogens is 1. The van der Waals surface area contributed by atoms with E-state index < -0.39 is 0 Å². The Labute approximate surface area is 126 Å². The van der Waals surface area contributed by atoms with E-state index in [1.165, 1.54) is 11.1 Å². The second-order valence-corrected chi connectivity index (χ2v) is 7.00. The molecule has 1 aromatic heterocycles. The molecule has 1 aliphatic heterocycles. The van der Waals surface area contributed by atoms with Gasteiger partial charge in [0, 0.05) is 17.3 Å². The van der Waals surface area contributed by atoms with E-state index in [-0.39, 0.29) is 40.9 Å². The van der Waals surface area contributed by atoms with Crippen LogP contribution >= 0.6 is 11.6 Å². The van der Waals surface area contributed by atoms with E-state index in [0.29, 0.717) is 10.8 Å². The maximum Gasteiger partial charge on any atom is 0.239 e. The highest BCUT2D eigenvalue weighted by Gasteiger charge is 2.73. The summed E-state index contributed by atoms with van der Waals surface area (Å²) in [7, 11) is 0. The van der Waals surface area contributed by atoms with E-state index >= 15 is 0 Å². The number of imide groups is 1. The first-order chi connectivity index (χ1) is 10.1. The molecule has 2 heterocycles. The largest absolute Gasteiger partial charge is 0.274 e. The minimum Gasteiger partial charge on any atom is -0.274 e. The fourth-order valence-corrected chi connectivity index (χ4v) is 4.97. The van der Waals surface area contributed by atoms with Crippen LogP contribution in [0.4, 0.5) is 5.82 Å². The number of carbonyl (C=O) groups is 2. The zero-order valence-corrected chi connectivity index (χ0v) is 12.0. The number of allylic oxidation sites excluding steroid dienone is 2. The molecule has 0 unspecified atom stereocenters. The number of fused-ring (bicyclic) bond motifs is 3. The maximum absolute atomic E-state index is 12.8. The number of pyridine rings is 1. The van der Waals surface area contributed by atoms with Gasteiger partial charge in [-0.3, -0.25) is 9.59 Å². The molecule has 4 nitrogen and oxygen atoms in total. The van der Waals surface area contributed by atoms with Gasteiger partial charge in [-0.2, -0.15) is 0 Å². The number of halogens is 1. The van der Waals surface area contributed by atoms with Crippen LogP contribution < -0.4 is 4.90 Å². The van der Waals surface area contributed by atoms with Gasteiger partial charge in [-0.25, -0.2) is 9.88 Å². The SMILES string of the molecule is O=C1[C@@H]2[C@H](C(=O)N1c1cc(Cl)ccn1)[C@@H]1C=C[C@H]2C12CC2. The molecule has 2 saturated carbocycles. The summed E-state index contributed by atoms with van der Waals surface area (Å²) < 4.78 is 0. The Morgan fingerprint density at radius 1 is 1.14 bits per heavy atom. The molecule has 106 valence electrons. The third kappa shape index (κ3) is 1.26. The fourth-order valence-electron chi connectivity index (χ4n) is 4.82. The summed E-state index contributed by atoms with van der Waals surface area (Å²) in [5.74, 6) is 0.287. The first kappa shape index (κ1) is 11.9. The molecule has 21 heavy (non-hydrogen) atoms. The van der Waals surface area contributed by atoms with E-state index in [1.807, 2.05) is 0 Å². The van der Waals surface area contributed by atoms with E-state index in [9.17, 15) is 9.59 Å². The van der Waals surface area contributed by atoms with Gasteiger partial charge in [-0.1, -0.05) is 23.8 Å². The minimum atomic E-state index is -0.184. The van der Waals surface area contributed by atoms with Crippen molar-refractivity contribution in [1.29, 1.82) is 0 Å². The molecule has 5 rings (SSSR count). The molecule has 1 saturated heterocycles. The predicted octanol–water partition coefficient (Wildman–Crippen LogP) is 2.44. The molecule has 2 amide bonds. The molecule has 0 N–H and O–H groups in total. The predicted molar refractivity (Wildman–Crippen MR) is 76.5 cm³/mol. The molecular weight excluding hydrogens is 288 g/mol. The van der Waals surface area contributed by atoms with Gasteiger partial charge in [0.15, 0.2) is 0 Å². The van der Waals surface area contributed by atoms with Crippen LogP contribution in [0.1, 0.15) is 12.8 Å². The molecule has 1 aromatic rings. The highest BCUT2D eigenvalue weighted by molar-refractivity contribution is 6.31. The minimum absolute atomic E-state index is 0.0945. The smallest absolute Gasteiger partial charge is 0.239 e. The fraction of sp³-hybridized carbons (Fsp3) is 0.438. The monoisotopic (exact) mass is 300 g/mol. The van der Waals surface area contributed by atoms with Crippen molar-refractivity contribution >= 4 is 29.2 Å². The van der Waals surface area contributed by atoms with Gasteiger partial charge >= 0.3 is 0 Å². The van der Waals surface area contributed by atoms with Crippen molar-refractivity contribution in [2.24, 2.45) is 29.1 Å². The van der Waals surface area contributed by atoms with E-state index in [0.717, 1.165) is 12.8 Å². The van der Waals surface area contributed by atoms with E-state index in [4.69, 9.17) is 11.6 Å². The Bertz CT molecular complexity index is 691. The lowest BCUT2D eigenvalue weighted by molar-refractivity contribution is -0.123. The highest BCUT2D eigenvalue weighted by atomic mass is 35.5. The zero-order chi connectivity index (χ0) is 14.4. The van der Waals surface area contributed by atoms with Crippen LogP contribution in [0.3, 0.4) is 0 Å². The summed E-state index contributed by atoms with van der Waals surface area (Å²) >= 11 is 5.96. The highest BCUT2D eigenvalue weighted by Crippen LogP contribution is 2.73. The second-order valence-electron chi connectivity index (χ2n) is 6.57. The van der Waals surface area contributed by atoms with Gasteiger partial charge in [-0.05, 0) is 36.2 Å². The van der Waals surface area contributed by atoms with Gasteiger partial charge in [0.2, 0.25) is 11.8 Å². The third-order valence-corrected chi connectivity index (χ3v) is 6.02. The quantitative estimate of drug-likeness (QED) is 0.591. The molecular formula is C16H13ClN2O2. The number of anilines is 1. The first-order valence-electron chi connectivity index (χ1n) is 7.31. The van der Waals surface area contributed by atoms with Crippen molar-refractivity contribution in [3.05, 3.63) is 35.5 Å². The molecule has 3 fully saturated rings. The summed E-state index contributed by atoms with van der Waals surface area (Å²) in [5.41, 5.74) is 0.231. The van der Waals surface area contributed by atoms with Crippen molar-refractivity contribution in [3.63, 3.8) is 0 Å². The van der Waals surface area contributed by atoms with Gasteiger partial charge in [0.25, 0.3) is 0 Å².